The van der Waals surface area contributed by atoms with E-state index in [9.17, 15) is 8.78 Å². The lowest BCUT2D eigenvalue weighted by atomic mass is 10.1. The normalized spacial score (nSPS) is 17.5. The van der Waals surface area contributed by atoms with Crippen LogP contribution < -0.4 is 4.74 Å². The van der Waals surface area contributed by atoms with E-state index < -0.39 is 5.82 Å². The molecule has 0 saturated carbocycles. The summed E-state index contributed by atoms with van der Waals surface area (Å²) in [7, 11) is 2.06. The second-order valence-corrected chi connectivity index (χ2v) is 6.06. The number of ether oxygens (including phenoxy) is 1. The molecule has 0 spiro atoms. The molecule has 0 aliphatic carbocycles. The van der Waals surface area contributed by atoms with Crippen LogP contribution in [-0.4, -0.2) is 48.9 Å². The molecule has 1 saturated heterocycles. The van der Waals surface area contributed by atoms with E-state index in [2.05, 4.69) is 21.8 Å². The Morgan fingerprint density at radius 3 is 2.62 bits per heavy atom. The van der Waals surface area contributed by atoms with Crippen LogP contribution in [0.4, 0.5) is 14.5 Å². The Labute approximate surface area is 139 Å². The van der Waals surface area contributed by atoms with E-state index in [0.717, 1.165) is 26.2 Å². The van der Waals surface area contributed by atoms with Crippen LogP contribution in [0.2, 0.25) is 0 Å². The van der Waals surface area contributed by atoms with Gasteiger partial charge in [0.2, 0.25) is 0 Å². The van der Waals surface area contributed by atoms with Crippen molar-refractivity contribution in [2.75, 3.05) is 33.2 Å². The third kappa shape index (κ3) is 2.63. The molecular formula is C18H17F2N3O. The number of para-hydroxylation sites is 1. The van der Waals surface area contributed by atoms with E-state index >= 15 is 0 Å². The van der Waals surface area contributed by atoms with Crippen molar-refractivity contribution in [3.8, 4) is 11.5 Å². The molecule has 2 aromatic carbocycles. The molecule has 0 aromatic heterocycles. The van der Waals surface area contributed by atoms with Gasteiger partial charge < -0.3 is 14.5 Å². The van der Waals surface area contributed by atoms with E-state index in [4.69, 9.17) is 4.74 Å². The Hall–Kier alpha value is -2.47. The van der Waals surface area contributed by atoms with Crippen molar-refractivity contribution in [1.29, 1.82) is 0 Å². The number of piperazine rings is 1. The Balaban J connectivity index is 1.87. The zero-order chi connectivity index (χ0) is 16.7. The van der Waals surface area contributed by atoms with Crippen LogP contribution in [0.15, 0.2) is 41.4 Å². The number of hydrogen-bond acceptors (Lipinski definition) is 4. The number of aliphatic imine (C=N–C) groups is 1. The second kappa shape index (κ2) is 5.87. The lowest BCUT2D eigenvalue weighted by Crippen LogP contribution is -2.47. The molecule has 0 unspecified atom stereocenters. The van der Waals surface area contributed by atoms with Gasteiger partial charge in [-0.2, -0.15) is 0 Å². The quantitative estimate of drug-likeness (QED) is 0.741. The molecule has 2 heterocycles. The zero-order valence-corrected chi connectivity index (χ0v) is 13.3. The van der Waals surface area contributed by atoms with Gasteiger partial charge in [0.1, 0.15) is 23.1 Å². The maximum absolute atomic E-state index is 14.2. The highest BCUT2D eigenvalue weighted by molar-refractivity contribution is 6.03. The molecule has 2 aliphatic heterocycles. The first-order valence-corrected chi connectivity index (χ1v) is 7.90. The second-order valence-electron chi connectivity index (χ2n) is 6.06. The van der Waals surface area contributed by atoms with Crippen molar-refractivity contribution in [1.82, 2.24) is 9.80 Å². The summed E-state index contributed by atoms with van der Waals surface area (Å²) >= 11 is 0. The first kappa shape index (κ1) is 15.1. The van der Waals surface area contributed by atoms with Crippen LogP contribution in [0.3, 0.4) is 0 Å². The fourth-order valence-corrected chi connectivity index (χ4v) is 3.00. The van der Waals surface area contributed by atoms with Gasteiger partial charge in [0.25, 0.3) is 0 Å². The van der Waals surface area contributed by atoms with Crippen molar-refractivity contribution in [2.45, 2.75) is 0 Å². The Morgan fingerprint density at radius 2 is 1.83 bits per heavy atom. The topological polar surface area (TPSA) is 28.1 Å². The van der Waals surface area contributed by atoms with Gasteiger partial charge in [-0.1, -0.05) is 6.07 Å². The van der Waals surface area contributed by atoms with Crippen molar-refractivity contribution in [2.24, 2.45) is 4.99 Å². The number of nitrogens with zero attached hydrogens (tertiary/aromatic N) is 3. The number of rotatable bonds is 0. The van der Waals surface area contributed by atoms with Gasteiger partial charge in [0.05, 0.1) is 5.56 Å². The predicted octanol–water partition coefficient (Wildman–Crippen LogP) is 3.40. The number of likely N-dealkylation sites (N-methyl/N-ethyl adjacent to an activating group) is 1. The molecule has 0 bridgehead atoms. The number of hydrogen-bond donors (Lipinski definition) is 0. The number of amidine groups is 1. The number of benzene rings is 2. The van der Waals surface area contributed by atoms with Gasteiger partial charge in [-0.15, -0.1) is 0 Å². The van der Waals surface area contributed by atoms with Gasteiger partial charge in [0, 0.05) is 26.2 Å². The zero-order valence-electron chi connectivity index (χ0n) is 13.3. The predicted molar refractivity (Wildman–Crippen MR) is 88.1 cm³/mol. The van der Waals surface area contributed by atoms with Crippen LogP contribution >= 0.6 is 0 Å². The standard InChI is InChI=1S/C18H17F2N3O/c1-22-7-9-23(10-8-22)18-13-11-12(19)5-6-16(13)24-17-14(20)3-2-4-15(17)21-18/h2-6,11H,7-10H2,1H3. The molecule has 24 heavy (non-hydrogen) atoms. The lowest BCUT2D eigenvalue weighted by Gasteiger charge is -2.34. The largest absolute Gasteiger partial charge is 0.451 e. The van der Waals surface area contributed by atoms with Crippen LogP contribution in [-0.2, 0) is 0 Å². The first-order chi connectivity index (χ1) is 11.6. The fourth-order valence-electron chi connectivity index (χ4n) is 3.00. The van der Waals surface area contributed by atoms with E-state index in [0.29, 0.717) is 22.8 Å². The van der Waals surface area contributed by atoms with Crippen molar-refractivity contribution < 1.29 is 13.5 Å². The monoisotopic (exact) mass is 329 g/mol. The van der Waals surface area contributed by atoms with E-state index in [1.54, 1.807) is 12.1 Å². The maximum atomic E-state index is 14.2. The van der Waals surface area contributed by atoms with Gasteiger partial charge in [-0.25, -0.2) is 13.8 Å². The molecule has 1 fully saturated rings. The number of halogens is 2. The maximum Gasteiger partial charge on any atom is 0.188 e. The molecule has 0 amide bonds. The highest BCUT2D eigenvalue weighted by atomic mass is 19.1. The molecule has 6 heteroatoms. The first-order valence-electron chi connectivity index (χ1n) is 7.90. The molecule has 4 nitrogen and oxygen atoms in total. The van der Waals surface area contributed by atoms with Crippen LogP contribution in [0.25, 0.3) is 0 Å². The highest BCUT2D eigenvalue weighted by Crippen LogP contribution is 2.40. The van der Waals surface area contributed by atoms with E-state index in [1.807, 2.05) is 0 Å². The summed E-state index contributed by atoms with van der Waals surface area (Å²) in [6, 6.07) is 8.87. The smallest absolute Gasteiger partial charge is 0.188 e. The third-order valence-corrected chi connectivity index (χ3v) is 4.37. The molecular weight excluding hydrogens is 312 g/mol. The van der Waals surface area contributed by atoms with Gasteiger partial charge in [-0.05, 0) is 37.4 Å². The summed E-state index contributed by atoms with van der Waals surface area (Å²) in [4.78, 5) is 8.95. The van der Waals surface area contributed by atoms with E-state index in [1.165, 1.54) is 24.3 Å². The molecule has 124 valence electrons. The molecule has 4 rings (SSSR count). The van der Waals surface area contributed by atoms with Gasteiger partial charge in [-0.3, -0.25) is 0 Å². The highest BCUT2D eigenvalue weighted by Gasteiger charge is 2.26. The average Bonchev–Trinajstić information content (AvgIpc) is 2.73. The summed E-state index contributed by atoms with van der Waals surface area (Å²) in [6.07, 6.45) is 0. The van der Waals surface area contributed by atoms with Crippen molar-refractivity contribution >= 4 is 11.5 Å². The Bertz CT molecular complexity index is 814. The third-order valence-electron chi connectivity index (χ3n) is 4.37. The van der Waals surface area contributed by atoms with Crippen molar-refractivity contribution in [3.63, 3.8) is 0 Å². The Morgan fingerprint density at radius 1 is 1.04 bits per heavy atom. The van der Waals surface area contributed by atoms with Crippen LogP contribution in [0.1, 0.15) is 5.56 Å². The van der Waals surface area contributed by atoms with Crippen LogP contribution in [0.5, 0.6) is 11.5 Å². The average molecular weight is 329 g/mol. The molecule has 0 radical (unpaired) electrons. The minimum atomic E-state index is -0.480. The summed E-state index contributed by atoms with van der Waals surface area (Å²) in [5, 5.41) is 0. The molecule has 2 aliphatic rings. The fraction of sp³-hybridized carbons (Fsp3) is 0.278. The SMILES string of the molecule is CN1CCN(C2=Nc3cccc(F)c3Oc3ccc(F)cc32)CC1. The number of fused-ring (bicyclic) bond motifs is 2. The molecule has 0 atom stereocenters. The summed E-state index contributed by atoms with van der Waals surface area (Å²) in [6.45, 7) is 3.33. The van der Waals surface area contributed by atoms with Gasteiger partial charge >= 0.3 is 0 Å². The summed E-state index contributed by atoms with van der Waals surface area (Å²) in [5.41, 5.74) is 0.968. The lowest BCUT2D eigenvalue weighted by molar-refractivity contribution is 0.215. The minimum absolute atomic E-state index is 0.0782. The van der Waals surface area contributed by atoms with Crippen molar-refractivity contribution in [3.05, 3.63) is 53.6 Å². The van der Waals surface area contributed by atoms with E-state index in [-0.39, 0.29) is 11.6 Å². The van der Waals surface area contributed by atoms with Crippen LogP contribution in [0, 0.1) is 11.6 Å². The Kier molecular flexibility index (Phi) is 3.69. The van der Waals surface area contributed by atoms with Gasteiger partial charge in [0.15, 0.2) is 11.6 Å². The molecule has 2 aromatic rings. The summed E-state index contributed by atoms with van der Waals surface area (Å²) in [5.74, 6) is 0.270. The summed E-state index contributed by atoms with van der Waals surface area (Å²) < 4.78 is 33.7. The minimum Gasteiger partial charge on any atom is -0.451 e. The molecule has 0 N–H and O–H groups in total.